The number of ketones is 1. The van der Waals surface area contributed by atoms with Crippen LogP contribution in [-0.2, 0) is 0 Å². The van der Waals surface area contributed by atoms with E-state index in [1.165, 1.54) is 11.3 Å². The molecule has 0 aliphatic rings. The summed E-state index contributed by atoms with van der Waals surface area (Å²) in [6.45, 7) is 0. The normalized spacial score (nSPS) is 10.9. The molecule has 0 amide bonds. The van der Waals surface area contributed by atoms with E-state index in [0.717, 1.165) is 14.7 Å². The van der Waals surface area contributed by atoms with Gasteiger partial charge in [-0.25, -0.2) is 0 Å². The molecule has 2 nitrogen and oxygen atoms in total. The molecule has 0 aliphatic heterocycles. The van der Waals surface area contributed by atoms with Crippen molar-refractivity contribution in [1.29, 1.82) is 0 Å². The van der Waals surface area contributed by atoms with Crippen LogP contribution in [0.25, 0.3) is 10.2 Å². The zero-order valence-electron chi connectivity index (χ0n) is 8.51. The first-order valence-corrected chi connectivity index (χ1v) is 7.47. The Morgan fingerprint density at radius 3 is 3.00 bits per heavy atom. The van der Waals surface area contributed by atoms with Crippen LogP contribution in [0.5, 0.6) is 0 Å². The standard InChI is InChI=1S/C12H6BrNOS2/c13-9-6-16-5-8(9)12(15)7-3-11-10(14-4-7)1-2-17-11/h1-6H. The van der Waals surface area contributed by atoms with Gasteiger partial charge in [-0.15, -0.1) is 11.3 Å². The number of carbonyl (C=O) groups excluding carboxylic acids is 1. The summed E-state index contributed by atoms with van der Waals surface area (Å²) in [4.78, 5) is 16.5. The Labute approximate surface area is 114 Å². The van der Waals surface area contributed by atoms with Gasteiger partial charge in [0.25, 0.3) is 0 Å². The molecule has 0 unspecified atom stereocenters. The lowest BCUT2D eigenvalue weighted by molar-refractivity contribution is 0.103. The third kappa shape index (κ3) is 1.94. The van der Waals surface area contributed by atoms with Crippen molar-refractivity contribution in [3.8, 4) is 0 Å². The van der Waals surface area contributed by atoms with Crippen LogP contribution in [0.3, 0.4) is 0 Å². The van der Waals surface area contributed by atoms with Crippen molar-refractivity contribution in [3.63, 3.8) is 0 Å². The van der Waals surface area contributed by atoms with E-state index in [0.29, 0.717) is 11.1 Å². The van der Waals surface area contributed by atoms with Crippen LogP contribution in [0.15, 0.2) is 38.9 Å². The minimum absolute atomic E-state index is 0.0147. The van der Waals surface area contributed by atoms with Crippen molar-refractivity contribution in [1.82, 2.24) is 4.98 Å². The second kappa shape index (κ2) is 4.33. The highest BCUT2D eigenvalue weighted by atomic mass is 79.9. The Bertz CT molecular complexity index is 701. The molecule has 0 spiro atoms. The van der Waals surface area contributed by atoms with Gasteiger partial charge in [0.15, 0.2) is 5.78 Å². The molecule has 3 aromatic rings. The van der Waals surface area contributed by atoms with Gasteiger partial charge in [0.2, 0.25) is 0 Å². The van der Waals surface area contributed by atoms with Crippen LogP contribution >= 0.6 is 38.6 Å². The van der Waals surface area contributed by atoms with Crippen LogP contribution in [0, 0.1) is 0 Å². The molecule has 0 radical (unpaired) electrons. The molecule has 0 atom stereocenters. The molecule has 0 bridgehead atoms. The summed E-state index contributed by atoms with van der Waals surface area (Å²) >= 11 is 6.48. The van der Waals surface area contributed by atoms with Crippen LogP contribution in [0.1, 0.15) is 15.9 Å². The second-order valence-electron chi connectivity index (χ2n) is 3.49. The van der Waals surface area contributed by atoms with E-state index in [1.54, 1.807) is 17.5 Å². The Morgan fingerprint density at radius 1 is 1.35 bits per heavy atom. The van der Waals surface area contributed by atoms with Crippen LogP contribution in [0.2, 0.25) is 0 Å². The molecule has 17 heavy (non-hydrogen) atoms. The average Bonchev–Trinajstić information content (AvgIpc) is 2.95. The Balaban J connectivity index is 2.09. The quantitative estimate of drug-likeness (QED) is 0.656. The lowest BCUT2D eigenvalue weighted by Crippen LogP contribution is -2.00. The maximum Gasteiger partial charge on any atom is 0.196 e. The molecule has 0 fully saturated rings. The van der Waals surface area contributed by atoms with Gasteiger partial charge in [0, 0.05) is 32.6 Å². The van der Waals surface area contributed by atoms with Crippen molar-refractivity contribution in [2.24, 2.45) is 0 Å². The molecule has 5 heteroatoms. The zero-order chi connectivity index (χ0) is 11.8. The molecule has 0 saturated carbocycles. The molecule has 0 N–H and O–H groups in total. The van der Waals surface area contributed by atoms with Gasteiger partial charge in [0.1, 0.15) is 0 Å². The first-order chi connectivity index (χ1) is 8.25. The number of halogens is 1. The molecule has 3 aromatic heterocycles. The van der Waals surface area contributed by atoms with Crippen molar-refractivity contribution >= 4 is 54.6 Å². The summed E-state index contributed by atoms with van der Waals surface area (Å²) in [5.41, 5.74) is 2.28. The maximum atomic E-state index is 12.2. The number of thiophene rings is 2. The van der Waals surface area contributed by atoms with E-state index >= 15 is 0 Å². The predicted molar refractivity (Wildman–Crippen MR) is 75.1 cm³/mol. The van der Waals surface area contributed by atoms with Gasteiger partial charge in [-0.2, -0.15) is 11.3 Å². The van der Waals surface area contributed by atoms with E-state index in [1.807, 2.05) is 28.3 Å². The second-order valence-corrected chi connectivity index (χ2v) is 6.04. The summed E-state index contributed by atoms with van der Waals surface area (Å²) in [6, 6.07) is 3.86. The number of hydrogen-bond donors (Lipinski definition) is 0. The molecule has 0 aliphatic carbocycles. The van der Waals surface area contributed by atoms with Crippen LogP contribution < -0.4 is 0 Å². The number of fused-ring (bicyclic) bond motifs is 1. The van der Waals surface area contributed by atoms with E-state index in [-0.39, 0.29) is 5.78 Å². The third-order valence-corrected chi connectivity index (χ3v) is 4.98. The number of hydrogen-bond acceptors (Lipinski definition) is 4. The number of nitrogens with zero attached hydrogens (tertiary/aromatic N) is 1. The van der Waals surface area contributed by atoms with Crippen molar-refractivity contribution in [2.75, 3.05) is 0 Å². The highest BCUT2D eigenvalue weighted by molar-refractivity contribution is 9.10. The topological polar surface area (TPSA) is 30.0 Å². The van der Waals surface area contributed by atoms with Crippen molar-refractivity contribution in [2.45, 2.75) is 0 Å². The summed E-state index contributed by atoms with van der Waals surface area (Å²) < 4.78 is 1.89. The molecule has 84 valence electrons. The number of rotatable bonds is 2. The Morgan fingerprint density at radius 2 is 2.24 bits per heavy atom. The summed E-state index contributed by atoms with van der Waals surface area (Å²) in [6.07, 6.45) is 1.64. The smallest absolute Gasteiger partial charge is 0.196 e. The molecular formula is C12H6BrNOS2. The highest BCUT2D eigenvalue weighted by Gasteiger charge is 2.14. The van der Waals surface area contributed by atoms with Gasteiger partial charge < -0.3 is 0 Å². The number of pyridine rings is 1. The number of aromatic nitrogens is 1. The SMILES string of the molecule is O=C(c1cnc2ccsc2c1)c1cscc1Br. The van der Waals surface area contributed by atoms with Crippen molar-refractivity contribution < 1.29 is 4.79 Å². The Hall–Kier alpha value is -1.04. The summed E-state index contributed by atoms with van der Waals surface area (Å²) in [7, 11) is 0. The molecular weight excluding hydrogens is 318 g/mol. The predicted octanol–water partition coefficient (Wildman–Crippen LogP) is 4.35. The molecule has 0 aromatic carbocycles. The average molecular weight is 324 g/mol. The van der Waals surface area contributed by atoms with Crippen LogP contribution in [0.4, 0.5) is 0 Å². The number of carbonyl (C=O) groups is 1. The Kier molecular flexibility index (Phi) is 2.82. The van der Waals surface area contributed by atoms with Gasteiger partial charge in [0.05, 0.1) is 10.2 Å². The summed E-state index contributed by atoms with van der Waals surface area (Å²) in [5, 5.41) is 5.74. The van der Waals surface area contributed by atoms with E-state index in [4.69, 9.17) is 0 Å². The van der Waals surface area contributed by atoms with E-state index in [9.17, 15) is 4.79 Å². The van der Waals surface area contributed by atoms with E-state index in [2.05, 4.69) is 20.9 Å². The molecule has 3 rings (SSSR count). The van der Waals surface area contributed by atoms with Gasteiger partial charge >= 0.3 is 0 Å². The first-order valence-electron chi connectivity index (χ1n) is 4.85. The minimum atomic E-state index is 0.0147. The zero-order valence-corrected chi connectivity index (χ0v) is 11.7. The maximum absolute atomic E-state index is 12.2. The highest BCUT2D eigenvalue weighted by Crippen LogP contribution is 2.26. The van der Waals surface area contributed by atoms with Gasteiger partial charge in [-0.3, -0.25) is 9.78 Å². The fourth-order valence-corrected chi connectivity index (χ4v) is 3.80. The third-order valence-electron chi connectivity index (χ3n) is 2.42. The molecule has 0 saturated heterocycles. The lowest BCUT2D eigenvalue weighted by atomic mass is 10.1. The van der Waals surface area contributed by atoms with Crippen LogP contribution in [-0.4, -0.2) is 10.8 Å². The summed E-state index contributed by atoms with van der Waals surface area (Å²) in [5.74, 6) is 0.0147. The molecule has 3 heterocycles. The van der Waals surface area contributed by atoms with Crippen molar-refractivity contribution in [3.05, 3.63) is 50.1 Å². The first kappa shape index (κ1) is 11.1. The minimum Gasteiger partial charge on any atom is -0.288 e. The fourth-order valence-electron chi connectivity index (χ4n) is 1.57. The van der Waals surface area contributed by atoms with E-state index < -0.39 is 0 Å². The van der Waals surface area contributed by atoms with Gasteiger partial charge in [-0.1, -0.05) is 0 Å². The van der Waals surface area contributed by atoms with Gasteiger partial charge in [-0.05, 0) is 33.4 Å². The lowest BCUT2D eigenvalue weighted by Gasteiger charge is -1.99. The monoisotopic (exact) mass is 323 g/mol. The fraction of sp³-hybridized carbons (Fsp3) is 0. The largest absolute Gasteiger partial charge is 0.288 e.